The first-order chi connectivity index (χ1) is 10.5. The minimum Gasteiger partial charge on any atom is -0.342 e. The lowest BCUT2D eigenvalue weighted by Gasteiger charge is -2.37. The van der Waals surface area contributed by atoms with Crippen LogP contribution in [0, 0.1) is 11.3 Å². The van der Waals surface area contributed by atoms with Gasteiger partial charge < -0.3 is 10.2 Å². The van der Waals surface area contributed by atoms with Crippen LogP contribution in [0.5, 0.6) is 0 Å². The molecule has 130 valence electrons. The largest absolute Gasteiger partial charge is 0.342 e. The first-order valence-corrected chi connectivity index (χ1v) is 8.51. The summed E-state index contributed by atoms with van der Waals surface area (Å²) in [5.74, 6) is 1.08. The Bertz CT molecular complexity index is 468. The second-order valence-corrected chi connectivity index (χ2v) is 7.17. The molecule has 0 aromatic heterocycles. The van der Waals surface area contributed by atoms with Crippen molar-refractivity contribution in [3.63, 3.8) is 0 Å². The lowest BCUT2D eigenvalue weighted by atomic mass is 9.83. The molecule has 2 rings (SSSR count). The van der Waals surface area contributed by atoms with Crippen LogP contribution >= 0.6 is 12.4 Å². The topological polar surface area (TPSA) is 32.3 Å². The van der Waals surface area contributed by atoms with E-state index >= 15 is 0 Å². The lowest BCUT2D eigenvalue weighted by molar-refractivity contribution is -0.141. The smallest absolute Gasteiger partial charge is 0.228 e. The summed E-state index contributed by atoms with van der Waals surface area (Å²) in [6.45, 7) is 7.08. The van der Waals surface area contributed by atoms with Gasteiger partial charge in [0.15, 0.2) is 0 Å². The Morgan fingerprint density at radius 3 is 2.39 bits per heavy atom. The van der Waals surface area contributed by atoms with E-state index in [1.165, 1.54) is 12.0 Å². The molecule has 1 N–H and O–H groups in total. The Labute approximate surface area is 147 Å². The van der Waals surface area contributed by atoms with E-state index in [0.717, 1.165) is 44.8 Å². The van der Waals surface area contributed by atoms with Crippen LogP contribution in [-0.2, 0) is 11.2 Å². The van der Waals surface area contributed by atoms with Crippen LogP contribution in [0.4, 0.5) is 0 Å². The normalized spacial score (nSPS) is 16.0. The van der Waals surface area contributed by atoms with Gasteiger partial charge in [0.2, 0.25) is 5.91 Å². The van der Waals surface area contributed by atoms with E-state index in [-0.39, 0.29) is 17.8 Å². The monoisotopic (exact) mass is 338 g/mol. The summed E-state index contributed by atoms with van der Waals surface area (Å²) in [7, 11) is 2.00. The molecule has 0 unspecified atom stereocenters. The number of hydrogen-bond donors (Lipinski definition) is 1. The van der Waals surface area contributed by atoms with Crippen molar-refractivity contribution in [2.45, 2.75) is 39.5 Å². The van der Waals surface area contributed by atoms with Crippen molar-refractivity contribution in [3.8, 4) is 0 Å². The molecule has 0 atom stereocenters. The minimum absolute atomic E-state index is 0. The maximum absolute atomic E-state index is 12.9. The molecule has 0 radical (unpaired) electrons. The van der Waals surface area contributed by atoms with E-state index in [1.54, 1.807) is 0 Å². The molecule has 1 aromatic carbocycles. The molecule has 23 heavy (non-hydrogen) atoms. The van der Waals surface area contributed by atoms with Gasteiger partial charge in [-0.05, 0) is 50.8 Å². The number of nitrogens with one attached hydrogen (secondary N) is 1. The fourth-order valence-electron chi connectivity index (χ4n) is 3.38. The number of hydrogen-bond acceptors (Lipinski definition) is 2. The molecule has 0 spiro atoms. The first-order valence-electron chi connectivity index (χ1n) is 8.51. The Kier molecular flexibility index (Phi) is 8.07. The highest BCUT2D eigenvalue weighted by atomic mass is 35.5. The average Bonchev–Trinajstić information content (AvgIpc) is 2.53. The van der Waals surface area contributed by atoms with Crippen molar-refractivity contribution in [2.24, 2.45) is 11.3 Å². The fourth-order valence-corrected chi connectivity index (χ4v) is 3.38. The summed E-state index contributed by atoms with van der Waals surface area (Å²) >= 11 is 0. The minimum atomic E-state index is -0.320. The van der Waals surface area contributed by atoms with Crippen LogP contribution in [-0.4, -0.2) is 37.5 Å². The summed E-state index contributed by atoms with van der Waals surface area (Å²) in [5, 5.41) is 3.22. The summed E-state index contributed by atoms with van der Waals surface area (Å²) in [4.78, 5) is 14.9. The predicted molar refractivity (Wildman–Crippen MR) is 99.0 cm³/mol. The number of halogens is 1. The maximum Gasteiger partial charge on any atom is 0.228 e. The summed E-state index contributed by atoms with van der Waals surface area (Å²) in [6.07, 6.45) is 4.34. The van der Waals surface area contributed by atoms with Gasteiger partial charge in [0.25, 0.3) is 0 Å². The van der Waals surface area contributed by atoms with E-state index in [9.17, 15) is 4.79 Å². The average molecular weight is 339 g/mol. The third-order valence-corrected chi connectivity index (χ3v) is 4.77. The van der Waals surface area contributed by atoms with Crippen molar-refractivity contribution in [2.75, 3.05) is 26.7 Å². The van der Waals surface area contributed by atoms with Crippen LogP contribution in [0.2, 0.25) is 0 Å². The van der Waals surface area contributed by atoms with Gasteiger partial charge in [0.1, 0.15) is 0 Å². The number of nitrogens with zero attached hydrogens (tertiary/aromatic N) is 1. The third kappa shape index (κ3) is 5.82. The highest BCUT2D eigenvalue weighted by molar-refractivity contribution is 5.85. The number of carbonyl (C=O) groups is 1. The Balaban J connectivity index is 0.00000264. The standard InChI is InChI=1S/C19H30N2O.ClH/c1-19(2,15-17-7-5-4-6-8-17)18(22)21-13-10-16(11-14-21)9-12-20-3;/h4-8,16,20H,9-15H2,1-3H3;1H. The first kappa shape index (κ1) is 20.0. The Hall–Kier alpha value is -1.06. The van der Waals surface area contributed by atoms with E-state index < -0.39 is 0 Å². The van der Waals surface area contributed by atoms with Crippen molar-refractivity contribution in [1.82, 2.24) is 10.2 Å². The molecule has 1 amide bonds. The molecule has 1 aliphatic rings. The van der Waals surface area contributed by atoms with Gasteiger partial charge in [0, 0.05) is 18.5 Å². The van der Waals surface area contributed by atoms with Gasteiger partial charge in [-0.15, -0.1) is 12.4 Å². The Morgan fingerprint density at radius 1 is 1.22 bits per heavy atom. The SMILES string of the molecule is CNCCC1CCN(C(=O)C(C)(C)Cc2ccccc2)CC1.Cl. The maximum atomic E-state index is 12.9. The van der Waals surface area contributed by atoms with Crippen molar-refractivity contribution in [1.29, 1.82) is 0 Å². The van der Waals surface area contributed by atoms with Gasteiger partial charge in [-0.3, -0.25) is 4.79 Å². The molecule has 0 aliphatic carbocycles. The summed E-state index contributed by atoms with van der Waals surface area (Å²) < 4.78 is 0. The van der Waals surface area contributed by atoms with Crippen molar-refractivity contribution in [3.05, 3.63) is 35.9 Å². The van der Waals surface area contributed by atoms with Gasteiger partial charge in [-0.2, -0.15) is 0 Å². The fraction of sp³-hybridized carbons (Fsp3) is 0.632. The van der Waals surface area contributed by atoms with Crippen molar-refractivity contribution < 1.29 is 4.79 Å². The number of amides is 1. The molecule has 4 heteroatoms. The number of likely N-dealkylation sites (tertiary alicyclic amines) is 1. The Morgan fingerprint density at radius 2 is 1.83 bits per heavy atom. The lowest BCUT2D eigenvalue weighted by Crippen LogP contribution is -2.46. The molecule has 1 fully saturated rings. The molecule has 1 heterocycles. The van der Waals surface area contributed by atoms with E-state index in [1.807, 2.05) is 25.2 Å². The number of rotatable bonds is 6. The van der Waals surface area contributed by atoms with Gasteiger partial charge in [0.05, 0.1) is 0 Å². The van der Waals surface area contributed by atoms with Crippen LogP contribution < -0.4 is 5.32 Å². The molecule has 3 nitrogen and oxygen atoms in total. The molecule has 1 aliphatic heterocycles. The molecule has 0 bridgehead atoms. The van der Waals surface area contributed by atoms with Crippen LogP contribution in [0.1, 0.15) is 38.7 Å². The van der Waals surface area contributed by atoms with Crippen LogP contribution in [0.15, 0.2) is 30.3 Å². The van der Waals surface area contributed by atoms with Gasteiger partial charge in [-0.25, -0.2) is 0 Å². The van der Waals surface area contributed by atoms with Gasteiger partial charge in [-0.1, -0.05) is 44.2 Å². The molecular formula is C19H31ClN2O. The predicted octanol–water partition coefficient (Wildman–Crippen LogP) is 3.53. The zero-order chi connectivity index (χ0) is 16.0. The summed E-state index contributed by atoms with van der Waals surface area (Å²) in [5.41, 5.74) is 0.920. The van der Waals surface area contributed by atoms with Crippen LogP contribution in [0.25, 0.3) is 0 Å². The molecular weight excluding hydrogens is 308 g/mol. The molecule has 1 aromatic rings. The van der Waals surface area contributed by atoms with E-state index in [2.05, 4.69) is 36.2 Å². The molecule has 0 saturated carbocycles. The number of carbonyl (C=O) groups excluding carboxylic acids is 1. The third-order valence-electron chi connectivity index (χ3n) is 4.77. The molecule has 1 saturated heterocycles. The zero-order valence-corrected chi connectivity index (χ0v) is 15.5. The van der Waals surface area contributed by atoms with Crippen molar-refractivity contribution >= 4 is 18.3 Å². The second kappa shape index (κ2) is 9.29. The quantitative estimate of drug-likeness (QED) is 0.860. The van der Waals surface area contributed by atoms with Gasteiger partial charge >= 0.3 is 0 Å². The zero-order valence-electron chi connectivity index (χ0n) is 14.7. The number of benzene rings is 1. The number of piperidine rings is 1. The highest BCUT2D eigenvalue weighted by Gasteiger charge is 2.33. The highest BCUT2D eigenvalue weighted by Crippen LogP contribution is 2.28. The van der Waals surface area contributed by atoms with E-state index in [4.69, 9.17) is 0 Å². The van der Waals surface area contributed by atoms with Crippen LogP contribution in [0.3, 0.4) is 0 Å². The second-order valence-electron chi connectivity index (χ2n) is 7.17. The summed E-state index contributed by atoms with van der Waals surface area (Å²) in [6, 6.07) is 10.3. The van der Waals surface area contributed by atoms with E-state index in [0.29, 0.717) is 5.91 Å².